The first-order valence-electron chi connectivity index (χ1n) is 4.77. The molecule has 0 aromatic rings. The molecule has 2 aliphatic rings. The summed E-state index contributed by atoms with van der Waals surface area (Å²) in [7, 11) is 0. The molecule has 1 unspecified atom stereocenters. The summed E-state index contributed by atoms with van der Waals surface area (Å²) in [6.07, 6.45) is 0. The number of fused-ring (bicyclic) bond motifs is 1. The van der Waals surface area contributed by atoms with Crippen LogP contribution >= 0.6 is 0 Å². The first-order valence-corrected chi connectivity index (χ1v) is 4.77. The molecule has 0 aromatic heterocycles. The molecule has 2 heterocycles. The van der Waals surface area contributed by atoms with Gasteiger partial charge in [-0.05, 0) is 20.8 Å². The highest BCUT2D eigenvalue weighted by atomic mass is 15.5. The highest BCUT2D eigenvalue weighted by Crippen LogP contribution is 2.23. The van der Waals surface area contributed by atoms with Crippen LogP contribution in [0.25, 0.3) is 0 Å². The predicted octanol–water partition coefficient (Wildman–Crippen LogP) is 0.289. The molecule has 12 heavy (non-hydrogen) atoms. The Kier molecular flexibility index (Phi) is 1.90. The Balaban J connectivity index is 1.99. The lowest BCUT2D eigenvalue weighted by Crippen LogP contribution is -2.42. The SMILES string of the molecule is CC(C)(C)N1CC2CNCN2C1. The minimum absolute atomic E-state index is 0.338. The van der Waals surface area contributed by atoms with E-state index in [-0.39, 0.29) is 0 Å². The van der Waals surface area contributed by atoms with Gasteiger partial charge in [-0.25, -0.2) is 0 Å². The number of nitrogens with zero attached hydrogens (tertiary/aromatic N) is 2. The van der Waals surface area contributed by atoms with Crippen LogP contribution in [0.4, 0.5) is 0 Å². The fraction of sp³-hybridized carbons (Fsp3) is 1.00. The van der Waals surface area contributed by atoms with Gasteiger partial charge in [0.15, 0.2) is 0 Å². The van der Waals surface area contributed by atoms with Crippen LogP contribution in [0.5, 0.6) is 0 Å². The summed E-state index contributed by atoms with van der Waals surface area (Å²) in [6, 6.07) is 0.768. The molecule has 0 spiro atoms. The summed E-state index contributed by atoms with van der Waals surface area (Å²) in [5.41, 5.74) is 0.338. The van der Waals surface area contributed by atoms with Crippen LogP contribution in [0.3, 0.4) is 0 Å². The molecule has 3 heteroatoms. The standard InChI is InChI=1S/C9H19N3/c1-9(2,3)12-5-8-4-10-6-11(8)7-12/h8,10H,4-7H2,1-3H3. The van der Waals surface area contributed by atoms with Crippen LogP contribution in [-0.4, -0.2) is 47.8 Å². The molecular weight excluding hydrogens is 150 g/mol. The quantitative estimate of drug-likeness (QED) is 0.562. The van der Waals surface area contributed by atoms with Gasteiger partial charge in [0.2, 0.25) is 0 Å². The molecule has 0 bridgehead atoms. The van der Waals surface area contributed by atoms with Crippen molar-refractivity contribution in [1.29, 1.82) is 0 Å². The van der Waals surface area contributed by atoms with Crippen LogP contribution in [0.2, 0.25) is 0 Å². The first kappa shape index (κ1) is 8.48. The van der Waals surface area contributed by atoms with Crippen molar-refractivity contribution >= 4 is 0 Å². The van der Waals surface area contributed by atoms with Crippen LogP contribution in [0.15, 0.2) is 0 Å². The summed E-state index contributed by atoms with van der Waals surface area (Å²) < 4.78 is 0. The Bertz CT molecular complexity index is 161. The van der Waals surface area contributed by atoms with Gasteiger partial charge in [0, 0.05) is 31.3 Å². The molecule has 0 saturated carbocycles. The molecule has 0 amide bonds. The second kappa shape index (κ2) is 2.69. The minimum Gasteiger partial charge on any atom is -0.303 e. The lowest BCUT2D eigenvalue weighted by molar-refractivity contribution is 0.140. The number of nitrogens with one attached hydrogen (secondary N) is 1. The minimum atomic E-state index is 0.338. The summed E-state index contributed by atoms with van der Waals surface area (Å²) in [5, 5.41) is 3.40. The van der Waals surface area contributed by atoms with E-state index in [9.17, 15) is 0 Å². The molecule has 0 aliphatic carbocycles. The largest absolute Gasteiger partial charge is 0.303 e. The maximum Gasteiger partial charge on any atom is 0.0527 e. The Labute approximate surface area is 74.7 Å². The van der Waals surface area contributed by atoms with E-state index in [2.05, 4.69) is 35.9 Å². The fourth-order valence-corrected chi connectivity index (χ4v) is 2.00. The van der Waals surface area contributed by atoms with Gasteiger partial charge < -0.3 is 5.32 Å². The molecule has 2 saturated heterocycles. The van der Waals surface area contributed by atoms with Gasteiger partial charge in [-0.3, -0.25) is 9.80 Å². The number of rotatable bonds is 0. The molecular formula is C9H19N3. The maximum atomic E-state index is 3.40. The molecule has 3 nitrogen and oxygen atoms in total. The normalized spacial score (nSPS) is 32.8. The van der Waals surface area contributed by atoms with Crippen molar-refractivity contribution in [2.24, 2.45) is 0 Å². The Hall–Kier alpha value is -0.120. The third kappa shape index (κ3) is 1.37. The zero-order valence-corrected chi connectivity index (χ0v) is 8.30. The summed E-state index contributed by atoms with van der Waals surface area (Å²) in [6.45, 7) is 11.5. The van der Waals surface area contributed by atoms with E-state index < -0.39 is 0 Å². The smallest absolute Gasteiger partial charge is 0.0527 e. The van der Waals surface area contributed by atoms with Crippen molar-refractivity contribution in [2.75, 3.05) is 26.4 Å². The van der Waals surface area contributed by atoms with Gasteiger partial charge in [0.25, 0.3) is 0 Å². The van der Waals surface area contributed by atoms with Crippen molar-refractivity contribution in [3.63, 3.8) is 0 Å². The van der Waals surface area contributed by atoms with E-state index in [0.29, 0.717) is 5.54 Å². The number of hydrogen-bond acceptors (Lipinski definition) is 3. The van der Waals surface area contributed by atoms with E-state index in [4.69, 9.17) is 0 Å². The average Bonchev–Trinajstić information content (AvgIpc) is 2.37. The molecule has 2 aliphatic heterocycles. The highest BCUT2D eigenvalue weighted by molar-refractivity contribution is 4.92. The second-order valence-corrected chi connectivity index (χ2v) is 4.89. The van der Waals surface area contributed by atoms with E-state index >= 15 is 0 Å². The Morgan fingerprint density at radius 3 is 2.67 bits per heavy atom. The molecule has 0 radical (unpaired) electrons. The third-order valence-electron chi connectivity index (χ3n) is 2.94. The van der Waals surface area contributed by atoms with Gasteiger partial charge >= 0.3 is 0 Å². The van der Waals surface area contributed by atoms with Crippen LogP contribution in [0.1, 0.15) is 20.8 Å². The van der Waals surface area contributed by atoms with Crippen molar-refractivity contribution in [3.8, 4) is 0 Å². The first-order chi connectivity index (χ1) is 5.57. The molecule has 70 valence electrons. The highest BCUT2D eigenvalue weighted by Gasteiger charge is 2.37. The van der Waals surface area contributed by atoms with Crippen molar-refractivity contribution in [2.45, 2.75) is 32.4 Å². The van der Waals surface area contributed by atoms with E-state index in [1.54, 1.807) is 0 Å². The monoisotopic (exact) mass is 169 g/mol. The average molecular weight is 169 g/mol. The van der Waals surface area contributed by atoms with Gasteiger partial charge in [-0.1, -0.05) is 0 Å². The van der Waals surface area contributed by atoms with Gasteiger partial charge in [0.1, 0.15) is 0 Å². The van der Waals surface area contributed by atoms with Gasteiger partial charge in [0.05, 0.1) is 6.67 Å². The molecule has 1 atom stereocenters. The third-order valence-corrected chi connectivity index (χ3v) is 2.94. The summed E-state index contributed by atoms with van der Waals surface area (Å²) in [5.74, 6) is 0. The summed E-state index contributed by atoms with van der Waals surface area (Å²) in [4.78, 5) is 5.07. The molecule has 0 aromatic carbocycles. The van der Waals surface area contributed by atoms with E-state index in [1.807, 2.05) is 0 Å². The van der Waals surface area contributed by atoms with E-state index in [0.717, 1.165) is 19.4 Å². The van der Waals surface area contributed by atoms with Crippen molar-refractivity contribution in [1.82, 2.24) is 15.1 Å². The van der Waals surface area contributed by atoms with E-state index in [1.165, 1.54) is 13.1 Å². The Morgan fingerprint density at radius 2 is 2.08 bits per heavy atom. The van der Waals surface area contributed by atoms with Gasteiger partial charge in [-0.2, -0.15) is 0 Å². The lowest BCUT2D eigenvalue weighted by Gasteiger charge is -2.31. The maximum absolute atomic E-state index is 3.40. The predicted molar refractivity (Wildman–Crippen MR) is 49.8 cm³/mol. The fourth-order valence-electron chi connectivity index (χ4n) is 2.00. The van der Waals surface area contributed by atoms with Crippen LogP contribution in [-0.2, 0) is 0 Å². The van der Waals surface area contributed by atoms with Crippen LogP contribution in [0, 0.1) is 0 Å². The second-order valence-electron chi connectivity index (χ2n) is 4.89. The molecule has 2 rings (SSSR count). The topological polar surface area (TPSA) is 18.5 Å². The van der Waals surface area contributed by atoms with Crippen molar-refractivity contribution < 1.29 is 0 Å². The summed E-state index contributed by atoms with van der Waals surface area (Å²) >= 11 is 0. The zero-order valence-electron chi connectivity index (χ0n) is 8.30. The molecule has 2 fully saturated rings. The number of hydrogen-bond donors (Lipinski definition) is 1. The van der Waals surface area contributed by atoms with Crippen molar-refractivity contribution in [3.05, 3.63) is 0 Å². The van der Waals surface area contributed by atoms with Gasteiger partial charge in [-0.15, -0.1) is 0 Å². The lowest BCUT2D eigenvalue weighted by atomic mass is 10.1. The molecule has 1 N–H and O–H groups in total. The zero-order chi connectivity index (χ0) is 8.77. The Morgan fingerprint density at radius 1 is 1.33 bits per heavy atom. The van der Waals surface area contributed by atoms with Crippen LogP contribution < -0.4 is 5.32 Å².